The SMILES string of the molecule is Cc1csc(N(C(=O)Cn2c(C)nc3ccccc3c2=O)c2ccccc2)n1. The average molecular weight is 390 g/mol. The smallest absolute Gasteiger partial charge is 0.261 e. The Kier molecular flexibility index (Phi) is 4.75. The fourth-order valence-corrected chi connectivity index (χ4v) is 3.89. The number of carbonyl (C=O) groups is 1. The molecule has 0 spiro atoms. The lowest BCUT2D eigenvalue weighted by Gasteiger charge is -2.21. The molecule has 2 aromatic heterocycles. The summed E-state index contributed by atoms with van der Waals surface area (Å²) < 4.78 is 1.42. The number of hydrogen-bond donors (Lipinski definition) is 0. The third-order valence-electron chi connectivity index (χ3n) is 4.41. The Morgan fingerprint density at radius 2 is 1.75 bits per heavy atom. The van der Waals surface area contributed by atoms with Crippen molar-refractivity contribution in [2.24, 2.45) is 0 Å². The van der Waals surface area contributed by atoms with Gasteiger partial charge in [-0.25, -0.2) is 9.97 Å². The monoisotopic (exact) mass is 390 g/mol. The highest BCUT2D eigenvalue weighted by Crippen LogP contribution is 2.28. The van der Waals surface area contributed by atoms with Gasteiger partial charge >= 0.3 is 0 Å². The van der Waals surface area contributed by atoms with E-state index in [0.717, 1.165) is 5.69 Å². The van der Waals surface area contributed by atoms with Crippen LogP contribution < -0.4 is 10.5 Å². The Hall–Kier alpha value is -3.32. The number of fused-ring (bicyclic) bond motifs is 1. The van der Waals surface area contributed by atoms with E-state index >= 15 is 0 Å². The van der Waals surface area contributed by atoms with Crippen molar-refractivity contribution < 1.29 is 4.79 Å². The van der Waals surface area contributed by atoms with Gasteiger partial charge in [-0.1, -0.05) is 30.3 Å². The second-order valence-corrected chi connectivity index (χ2v) is 7.24. The molecule has 4 rings (SSSR count). The second kappa shape index (κ2) is 7.36. The van der Waals surface area contributed by atoms with Crippen molar-refractivity contribution in [2.45, 2.75) is 20.4 Å². The van der Waals surface area contributed by atoms with Crippen molar-refractivity contribution in [1.29, 1.82) is 0 Å². The number of hydrogen-bond acceptors (Lipinski definition) is 5. The van der Waals surface area contributed by atoms with Gasteiger partial charge in [0.2, 0.25) is 0 Å². The van der Waals surface area contributed by atoms with Gasteiger partial charge in [-0.2, -0.15) is 0 Å². The molecule has 0 aliphatic heterocycles. The molecular formula is C21H18N4O2S. The molecule has 0 aliphatic rings. The number of aryl methyl sites for hydroxylation is 2. The van der Waals surface area contributed by atoms with Crippen LogP contribution in [0.4, 0.5) is 10.8 Å². The summed E-state index contributed by atoms with van der Waals surface area (Å²) in [6.45, 7) is 3.51. The fraction of sp³-hybridized carbons (Fsp3) is 0.143. The van der Waals surface area contributed by atoms with Crippen LogP contribution in [0.1, 0.15) is 11.5 Å². The summed E-state index contributed by atoms with van der Waals surface area (Å²) >= 11 is 1.39. The third-order valence-corrected chi connectivity index (χ3v) is 5.35. The molecule has 0 unspecified atom stereocenters. The zero-order valence-corrected chi connectivity index (χ0v) is 16.3. The average Bonchev–Trinajstić information content (AvgIpc) is 3.12. The number of nitrogens with zero attached hydrogens (tertiary/aromatic N) is 4. The quantitative estimate of drug-likeness (QED) is 0.531. The number of amides is 1. The first-order valence-electron chi connectivity index (χ1n) is 8.81. The molecule has 0 fully saturated rings. The number of thiazole rings is 1. The van der Waals surface area contributed by atoms with Crippen LogP contribution in [-0.4, -0.2) is 20.4 Å². The van der Waals surface area contributed by atoms with Crippen molar-refractivity contribution in [3.05, 3.63) is 81.8 Å². The van der Waals surface area contributed by atoms with Crippen LogP contribution in [0.25, 0.3) is 10.9 Å². The maximum Gasteiger partial charge on any atom is 0.261 e. The predicted molar refractivity (Wildman–Crippen MR) is 111 cm³/mol. The maximum absolute atomic E-state index is 13.3. The van der Waals surface area contributed by atoms with Crippen LogP contribution in [0.5, 0.6) is 0 Å². The van der Waals surface area contributed by atoms with E-state index in [1.54, 1.807) is 30.0 Å². The zero-order valence-electron chi connectivity index (χ0n) is 15.5. The molecule has 4 aromatic rings. The first-order chi connectivity index (χ1) is 13.5. The second-order valence-electron chi connectivity index (χ2n) is 6.40. The third kappa shape index (κ3) is 3.32. The largest absolute Gasteiger partial charge is 0.287 e. The van der Waals surface area contributed by atoms with Crippen molar-refractivity contribution in [3.8, 4) is 0 Å². The number of carbonyl (C=O) groups excluding carboxylic acids is 1. The molecule has 0 aliphatic carbocycles. The Balaban J connectivity index is 1.77. The predicted octanol–water partition coefficient (Wildman–Crippen LogP) is 3.83. The van der Waals surface area contributed by atoms with Crippen LogP contribution in [0.15, 0.2) is 64.8 Å². The van der Waals surface area contributed by atoms with Gasteiger partial charge in [0.1, 0.15) is 12.4 Å². The van der Waals surface area contributed by atoms with Gasteiger partial charge in [-0.15, -0.1) is 11.3 Å². The van der Waals surface area contributed by atoms with E-state index in [1.807, 2.05) is 48.7 Å². The summed E-state index contributed by atoms with van der Waals surface area (Å²) in [6.07, 6.45) is 0. The van der Waals surface area contributed by atoms with E-state index in [9.17, 15) is 9.59 Å². The number of benzene rings is 2. The highest BCUT2D eigenvalue weighted by molar-refractivity contribution is 7.14. The van der Waals surface area contributed by atoms with Crippen LogP contribution >= 0.6 is 11.3 Å². The molecule has 0 atom stereocenters. The van der Waals surface area contributed by atoms with E-state index in [2.05, 4.69) is 9.97 Å². The zero-order chi connectivity index (χ0) is 19.7. The van der Waals surface area contributed by atoms with Crippen molar-refractivity contribution in [1.82, 2.24) is 14.5 Å². The Bertz CT molecular complexity index is 1210. The fourth-order valence-electron chi connectivity index (χ4n) is 3.05. The summed E-state index contributed by atoms with van der Waals surface area (Å²) in [4.78, 5) is 36.7. The summed E-state index contributed by atoms with van der Waals surface area (Å²) in [7, 11) is 0. The molecule has 140 valence electrons. The Morgan fingerprint density at radius 3 is 2.46 bits per heavy atom. The van der Waals surface area contributed by atoms with E-state index in [-0.39, 0.29) is 18.0 Å². The highest BCUT2D eigenvalue weighted by Gasteiger charge is 2.22. The molecule has 2 heterocycles. The molecule has 6 nitrogen and oxygen atoms in total. The number of para-hydroxylation sites is 2. The molecule has 0 radical (unpaired) electrons. The minimum atomic E-state index is -0.247. The lowest BCUT2D eigenvalue weighted by molar-refractivity contribution is -0.118. The first kappa shape index (κ1) is 18.1. The lowest BCUT2D eigenvalue weighted by atomic mass is 10.2. The number of anilines is 2. The standard InChI is InChI=1S/C21H18N4O2S/c1-14-13-28-21(22-14)25(16-8-4-3-5-9-16)19(26)12-24-15(2)23-18-11-7-6-10-17(18)20(24)27/h3-11,13H,12H2,1-2H3. The number of aromatic nitrogens is 3. The van der Waals surface area contributed by atoms with Crippen LogP contribution in [-0.2, 0) is 11.3 Å². The Morgan fingerprint density at radius 1 is 1.04 bits per heavy atom. The lowest BCUT2D eigenvalue weighted by Crippen LogP contribution is -2.35. The van der Waals surface area contributed by atoms with Crippen LogP contribution in [0, 0.1) is 13.8 Å². The van der Waals surface area contributed by atoms with E-state index in [0.29, 0.717) is 27.5 Å². The van der Waals surface area contributed by atoms with Crippen LogP contribution in [0.2, 0.25) is 0 Å². The molecule has 0 N–H and O–H groups in total. The molecule has 1 amide bonds. The molecular weight excluding hydrogens is 372 g/mol. The van der Waals surface area contributed by atoms with Gasteiger partial charge in [0.25, 0.3) is 11.5 Å². The highest BCUT2D eigenvalue weighted by atomic mass is 32.1. The normalized spacial score (nSPS) is 10.9. The van der Waals surface area contributed by atoms with Gasteiger partial charge in [0.05, 0.1) is 22.3 Å². The summed E-state index contributed by atoms with van der Waals surface area (Å²) in [5.41, 5.74) is 1.96. The topological polar surface area (TPSA) is 68.1 Å². The minimum Gasteiger partial charge on any atom is -0.287 e. The molecule has 7 heteroatoms. The molecule has 0 bridgehead atoms. The Labute approximate surface area is 165 Å². The van der Waals surface area contributed by atoms with Crippen LogP contribution in [0.3, 0.4) is 0 Å². The van der Waals surface area contributed by atoms with E-state index < -0.39 is 0 Å². The minimum absolute atomic E-state index is 0.115. The van der Waals surface area contributed by atoms with Gasteiger partial charge in [-0.3, -0.25) is 19.1 Å². The summed E-state index contributed by atoms with van der Waals surface area (Å²) in [5.74, 6) is 0.253. The van der Waals surface area contributed by atoms with Crippen molar-refractivity contribution >= 4 is 39.0 Å². The van der Waals surface area contributed by atoms with E-state index in [1.165, 1.54) is 15.9 Å². The van der Waals surface area contributed by atoms with Crippen molar-refractivity contribution in [3.63, 3.8) is 0 Å². The van der Waals surface area contributed by atoms with Crippen molar-refractivity contribution in [2.75, 3.05) is 4.90 Å². The first-order valence-corrected chi connectivity index (χ1v) is 9.69. The summed E-state index contributed by atoms with van der Waals surface area (Å²) in [6, 6.07) is 16.5. The molecule has 28 heavy (non-hydrogen) atoms. The number of rotatable bonds is 4. The maximum atomic E-state index is 13.3. The van der Waals surface area contributed by atoms with E-state index in [4.69, 9.17) is 0 Å². The van der Waals surface area contributed by atoms with Gasteiger partial charge < -0.3 is 0 Å². The molecule has 2 aromatic carbocycles. The molecule has 0 saturated heterocycles. The van der Waals surface area contributed by atoms with Gasteiger partial charge in [-0.05, 0) is 38.1 Å². The van der Waals surface area contributed by atoms with Gasteiger partial charge in [0, 0.05) is 5.38 Å². The molecule has 0 saturated carbocycles. The van der Waals surface area contributed by atoms with Gasteiger partial charge in [0.15, 0.2) is 5.13 Å². The summed E-state index contributed by atoms with van der Waals surface area (Å²) in [5, 5.41) is 2.97.